The molecule has 0 saturated heterocycles. The molecule has 1 N–H and O–H groups in total. The van der Waals surface area contributed by atoms with Gasteiger partial charge >= 0.3 is 0 Å². The van der Waals surface area contributed by atoms with Gasteiger partial charge < -0.3 is 4.72 Å². The van der Waals surface area contributed by atoms with Crippen molar-refractivity contribution in [3.05, 3.63) is 100 Å². The Kier molecular flexibility index (Phi) is 5.56. The quantitative estimate of drug-likeness (QED) is 0.284. The zero-order chi connectivity index (χ0) is 20.4. The first-order valence-electron chi connectivity index (χ1n) is 9.20. The second-order valence-electron chi connectivity index (χ2n) is 6.90. The average molecular weight is 419 g/mol. The zero-order valence-electron chi connectivity index (χ0n) is 16.1. The molecule has 144 valence electrons. The predicted octanol–water partition coefficient (Wildman–Crippen LogP) is 6.86. The molecule has 0 unspecified atom stereocenters. The topological polar surface area (TPSA) is 42.0 Å². The third-order valence-electron chi connectivity index (χ3n) is 4.77. The number of nitrogens with one attached hydrogen (secondary N) is 1. The van der Waals surface area contributed by atoms with E-state index in [4.69, 9.17) is 11.6 Å². The molecule has 4 aromatic rings. The van der Waals surface area contributed by atoms with E-state index in [-0.39, 0.29) is 5.78 Å². The molecule has 0 radical (unpaired) electrons. The maximum absolute atomic E-state index is 13.0. The molecule has 5 heteroatoms. The van der Waals surface area contributed by atoms with Crippen LogP contribution in [-0.2, 0) is 0 Å². The SMILES string of the molecule is Cc1ccc(C)c(C(=O)c2ccc(SNc3cncc4ccccc34)cc2Cl)c1. The number of fused-ring (bicyclic) bond motifs is 1. The lowest BCUT2D eigenvalue weighted by Gasteiger charge is -2.11. The van der Waals surface area contributed by atoms with Crippen LogP contribution in [0.1, 0.15) is 27.0 Å². The number of benzene rings is 3. The molecule has 0 amide bonds. The lowest BCUT2D eigenvalue weighted by molar-refractivity contribution is 0.103. The number of hydrogen-bond donors (Lipinski definition) is 1. The van der Waals surface area contributed by atoms with Crippen LogP contribution in [0.4, 0.5) is 5.69 Å². The second-order valence-corrected chi connectivity index (χ2v) is 8.19. The van der Waals surface area contributed by atoms with Gasteiger partial charge in [-0.1, -0.05) is 53.6 Å². The Labute approximate surface area is 179 Å². The highest BCUT2D eigenvalue weighted by Gasteiger charge is 2.16. The first-order valence-corrected chi connectivity index (χ1v) is 10.4. The Morgan fingerprint density at radius 1 is 0.966 bits per heavy atom. The highest BCUT2D eigenvalue weighted by Crippen LogP contribution is 2.30. The van der Waals surface area contributed by atoms with Gasteiger partial charge in [-0.05, 0) is 55.6 Å². The maximum Gasteiger partial charge on any atom is 0.194 e. The molecule has 0 aliphatic heterocycles. The lowest BCUT2D eigenvalue weighted by Crippen LogP contribution is -2.05. The molecule has 0 aliphatic carbocycles. The van der Waals surface area contributed by atoms with Crippen LogP contribution in [-0.4, -0.2) is 10.8 Å². The van der Waals surface area contributed by atoms with Gasteiger partial charge in [0.25, 0.3) is 0 Å². The molecular formula is C24H19ClN2OS. The van der Waals surface area contributed by atoms with Crippen LogP contribution in [0.2, 0.25) is 5.02 Å². The summed E-state index contributed by atoms with van der Waals surface area (Å²) < 4.78 is 3.34. The molecule has 1 heterocycles. The maximum atomic E-state index is 13.0. The Hall–Kier alpha value is -2.82. The van der Waals surface area contributed by atoms with Crippen molar-refractivity contribution in [2.45, 2.75) is 18.7 Å². The Morgan fingerprint density at radius 2 is 1.79 bits per heavy atom. The third-order valence-corrected chi connectivity index (χ3v) is 5.89. The van der Waals surface area contributed by atoms with Crippen molar-refractivity contribution >= 4 is 45.8 Å². The summed E-state index contributed by atoms with van der Waals surface area (Å²) in [6, 6.07) is 19.5. The van der Waals surface area contributed by atoms with Gasteiger partial charge in [-0.3, -0.25) is 9.78 Å². The van der Waals surface area contributed by atoms with E-state index in [9.17, 15) is 4.79 Å². The highest BCUT2D eigenvalue weighted by molar-refractivity contribution is 8.00. The van der Waals surface area contributed by atoms with Crippen LogP contribution in [0.15, 0.2) is 78.0 Å². The smallest absolute Gasteiger partial charge is 0.194 e. The largest absolute Gasteiger partial charge is 0.324 e. The Bertz CT molecular complexity index is 1220. The Morgan fingerprint density at radius 3 is 2.62 bits per heavy atom. The van der Waals surface area contributed by atoms with E-state index < -0.39 is 0 Å². The molecule has 0 bridgehead atoms. The number of pyridine rings is 1. The van der Waals surface area contributed by atoms with Crippen LogP contribution in [0, 0.1) is 13.8 Å². The van der Waals surface area contributed by atoms with E-state index >= 15 is 0 Å². The average Bonchev–Trinajstić information content (AvgIpc) is 2.73. The van der Waals surface area contributed by atoms with Crippen LogP contribution < -0.4 is 4.72 Å². The van der Waals surface area contributed by atoms with E-state index in [1.807, 2.05) is 68.6 Å². The highest BCUT2D eigenvalue weighted by atomic mass is 35.5. The normalized spacial score (nSPS) is 10.9. The fourth-order valence-electron chi connectivity index (χ4n) is 3.18. The molecule has 0 aliphatic rings. The van der Waals surface area contributed by atoms with E-state index in [1.54, 1.807) is 12.3 Å². The van der Waals surface area contributed by atoms with E-state index in [2.05, 4.69) is 15.8 Å². The number of carbonyl (C=O) groups excluding carboxylic acids is 1. The number of nitrogens with zero attached hydrogens (tertiary/aromatic N) is 1. The van der Waals surface area contributed by atoms with Crippen molar-refractivity contribution in [3.8, 4) is 0 Å². The number of halogens is 1. The summed E-state index contributed by atoms with van der Waals surface area (Å²) in [6.07, 6.45) is 3.64. The van der Waals surface area contributed by atoms with Crippen molar-refractivity contribution in [1.29, 1.82) is 0 Å². The molecule has 0 saturated carbocycles. The lowest BCUT2D eigenvalue weighted by atomic mass is 9.97. The minimum absolute atomic E-state index is 0.0565. The number of aromatic nitrogens is 1. The minimum Gasteiger partial charge on any atom is -0.324 e. The van der Waals surface area contributed by atoms with Gasteiger partial charge in [0.05, 0.1) is 16.9 Å². The van der Waals surface area contributed by atoms with Gasteiger partial charge in [-0.15, -0.1) is 0 Å². The fourth-order valence-corrected chi connectivity index (χ4v) is 4.22. The standard InChI is InChI=1S/C24H19ClN2OS/c1-15-7-8-16(2)21(11-15)24(28)20-10-9-18(12-22(20)25)29-27-23-14-26-13-17-5-3-4-6-19(17)23/h3-14,27H,1-2H3. The zero-order valence-corrected chi connectivity index (χ0v) is 17.6. The molecule has 3 aromatic carbocycles. The summed E-state index contributed by atoms with van der Waals surface area (Å²) in [5.74, 6) is -0.0565. The summed E-state index contributed by atoms with van der Waals surface area (Å²) >= 11 is 7.91. The van der Waals surface area contributed by atoms with Crippen LogP contribution >= 0.6 is 23.5 Å². The third kappa shape index (κ3) is 4.14. The number of carbonyl (C=O) groups is 1. The minimum atomic E-state index is -0.0565. The van der Waals surface area contributed by atoms with Crippen LogP contribution in [0.25, 0.3) is 10.8 Å². The molecule has 4 rings (SSSR count). The van der Waals surface area contributed by atoms with E-state index in [0.29, 0.717) is 16.1 Å². The van der Waals surface area contributed by atoms with Crippen LogP contribution in [0.3, 0.4) is 0 Å². The van der Waals surface area contributed by atoms with Gasteiger partial charge in [0.1, 0.15) is 0 Å². The van der Waals surface area contributed by atoms with Gasteiger partial charge in [-0.2, -0.15) is 0 Å². The van der Waals surface area contributed by atoms with Crippen molar-refractivity contribution in [1.82, 2.24) is 4.98 Å². The van der Waals surface area contributed by atoms with Gasteiger partial charge in [0.15, 0.2) is 5.78 Å². The number of anilines is 1. The van der Waals surface area contributed by atoms with Gasteiger partial charge in [0.2, 0.25) is 0 Å². The molecule has 3 nitrogen and oxygen atoms in total. The number of rotatable bonds is 5. The first kappa shape index (κ1) is 19.5. The van der Waals surface area contributed by atoms with Crippen LogP contribution in [0.5, 0.6) is 0 Å². The number of ketones is 1. The molecule has 0 atom stereocenters. The monoisotopic (exact) mass is 418 g/mol. The summed E-state index contributed by atoms with van der Waals surface area (Å²) in [5.41, 5.74) is 4.12. The van der Waals surface area contributed by atoms with E-state index in [1.165, 1.54) is 11.9 Å². The molecule has 0 spiro atoms. The molecule has 1 aromatic heterocycles. The molecule has 0 fully saturated rings. The first-order chi connectivity index (χ1) is 14.0. The second kappa shape index (κ2) is 8.27. The van der Waals surface area contributed by atoms with E-state index in [0.717, 1.165) is 32.5 Å². The summed E-state index contributed by atoms with van der Waals surface area (Å²) in [4.78, 5) is 18.2. The fraction of sp³-hybridized carbons (Fsp3) is 0.0833. The summed E-state index contributed by atoms with van der Waals surface area (Å²) in [6.45, 7) is 3.91. The van der Waals surface area contributed by atoms with Gasteiger partial charge in [-0.25, -0.2) is 0 Å². The summed E-state index contributed by atoms with van der Waals surface area (Å²) in [5, 5.41) is 2.62. The van der Waals surface area contributed by atoms with Crippen molar-refractivity contribution in [2.24, 2.45) is 0 Å². The summed E-state index contributed by atoms with van der Waals surface area (Å²) in [7, 11) is 0. The Balaban J connectivity index is 1.56. The van der Waals surface area contributed by atoms with Crippen molar-refractivity contribution in [3.63, 3.8) is 0 Å². The number of hydrogen-bond acceptors (Lipinski definition) is 4. The van der Waals surface area contributed by atoms with Crippen molar-refractivity contribution in [2.75, 3.05) is 4.72 Å². The molecule has 29 heavy (non-hydrogen) atoms. The van der Waals surface area contributed by atoms with Crippen molar-refractivity contribution < 1.29 is 4.79 Å². The van der Waals surface area contributed by atoms with Gasteiger partial charge in [0, 0.05) is 33.0 Å². The predicted molar refractivity (Wildman–Crippen MR) is 122 cm³/mol. The number of aryl methyl sites for hydroxylation is 2. The molecular weight excluding hydrogens is 400 g/mol.